The van der Waals surface area contributed by atoms with Crippen molar-refractivity contribution in [3.63, 3.8) is 0 Å². The lowest BCUT2D eigenvalue weighted by molar-refractivity contribution is 0.281. The van der Waals surface area contributed by atoms with Crippen LogP contribution in [0.5, 0.6) is 0 Å². The van der Waals surface area contributed by atoms with Crippen molar-refractivity contribution in [3.05, 3.63) is 24.5 Å². The molecule has 0 bridgehead atoms. The smallest absolute Gasteiger partial charge is 0.0528 e. The summed E-state index contributed by atoms with van der Waals surface area (Å²) in [5.74, 6) is 1.70. The van der Waals surface area contributed by atoms with Gasteiger partial charge in [-0.25, -0.2) is 0 Å². The van der Waals surface area contributed by atoms with Gasteiger partial charge in [0.25, 0.3) is 0 Å². The summed E-state index contributed by atoms with van der Waals surface area (Å²) in [5.41, 5.74) is 1.16. The average Bonchev–Trinajstić information content (AvgIpc) is 2.17. The Hall–Kier alpha value is -1.05. The zero-order chi connectivity index (χ0) is 10.7. The molecular formula is C13H20N2. The van der Waals surface area contributed by atoms with Crippen molar-refractivity contribution < 1.29 is 0 Å². The van der Waals surface area contributed by atoms with E-state index in [0.29, 0.717) is 6.04 Å². The predicted octanol–water partition coefficient (Wildman–Crippen LogP) is 3.32. The first kappa shape index (κ1) is 10.5. The number of aromatic nitrogens is 1. The molecule has 0 saturated heterocycles. The number of rotatable bonds is 2. The first-order chi connectivity index (χ1) is 7.24. The van der Waals surface area contributed by atoms with E-state index in [1.807, 2.05) is 18.5 Å². The van der Waals surface area contributed by atoms with Crippen LogP contribution in [0.4, 0.5) is 5.69 Å². The molecule has 2 unspecified atom stereocenters. The normalized spacial score (nSPS) is 31.2. The molecule has 2 atom stereocenters. The number of hydrogen-bond donors (Lipinski definition) is 1. The molecule has 0 aromatic carbocycles. The Labute approximate surface area is 92.1 Å². The molecule has 0 radical (unpaired) electrons. The van der Waals surface area contributed by atoms with Crippen LogP contribution in [0.15, 0.2) is 24.5 Å². The summed E-state index contributed by atoms with van der Waals surface area (Å²) in [5, 5.41) is 3.58. The highest BCUT2D eigenvalue weighted by Gasteiger charge is 2.23. The monoisotopic (exact) mass is 204 g/mol. The molecule has 15 heavy (non-hydrogen) atoms. The minimum absolute atomic E-state index is 0.632. The maximum Gasteiger partial charge on any atom is 0.0528 e. The second-order valence-electron chi connectivity index (χ2n) is 5.00. The fraction of sp³-hybridized carbons (Fsp3) is 0.615. The maximum absolute atomic E-state index is 4.13. The van der Waals surface area contributed by atoms with E-state index < -0.39 is 0 Å². The van der Waals surface area contributed by atoms with E-state index in [2.05, 4.69) is 30.2 Å². The fourth-order valence-corrected chi connectivity index (χ4v) is 2.75. The van der Waals surface area contributed by atoms with E-state index in [1.165, 1.54) is 19.3 Å². The summed E-state index contributed by atoms with van der Waals surface area (Å²) in [7, 11) is 0. The predicted molar refractivity (Wildman–Crippen MR) is 63.8 cm³/mol. The van der Waals surface area contributed by atoms with Gasteiger partial charge >= 0.3 is 0 Å². The Morgan fingerprint density at radius 3 is 2.53 bits per heavy atom. The van der Waals surface area contributed by atoms with Crippen LogP contribution in [0.1, 0.15) is 33.1 Å². The van der Waals surface area contributed by atoms with Crippen LogP contribution in [0.3, 0.4) is 0 Å². The molecule has 1 aliphatic carbocycles. The molecule has 1 aromatic rings. The second-order valence-corrected chi connectivity index (χ2v) is 5.00. The van der Waals surface area contributed by atoms with Crippen LogP contribution in [-0.4, -0.2) is 11.0 Å². The summed E-state index contributed by atoms with van der Waals surface area (Å²) in [6, 6.07) is 4.71. The second kappa shape index (κ2) is 4.65. The molecule has 2 heteroatoms. The summed E-state index contributed by atoms with van der Waals surface area (Å²) < 4.78 is 0. The molecule has 1 heterocycles. The standard InChI is InChI=1S/C13H20N2/c1-10-6-11(2)8-13(7-10)15-12-4-3-5-14-9-12/h3-5,9-11,13,15H,6-8H2,1-2H3. The van der Waals surface area contributed by atoms with Crippen LogP contribution >= 0.6 is 0 Å². The zero-order valence-electron chi connectivity index (χ0n) is 9.61. The van der Waals surface area contributed by atoms with Gasteiger partial charge in [-0.1, -0.05) is 13.8 Å². The first-order valence-corrected chi connectivity index (χ1v) is 5.90. The van der Waals surface area contributed by atoms with Gasteiger partial charge < -0.3 is 5.32 Å². The largest absolute Gasteiger partial charge is 0.381 e. The van der Waals surface area contributed by atoms with Gasteiger partial charge in [-0.2, -0.15) is 0 Å². The first-order valence-electron chi connectivity index (χ1n) is 5.90. The highest BCUT2D eigenvalue weighted by atomic mass is 14.9. The van der Waals surface area contributed by atoms with E-state index in [-0.39, 0.29) is 0 Å². The van der Waals surface area contributed by atoms with Crippen LogP contribution in [0.2, 0.25) is 0 Å². The van der Waals surface area contributed by atoms with Gasteiger partial charge in [0.05, 0.1) is 5.69 Å². The molecule has 1 saturated carbocycles. The summed E-state index contributed by atoms with van der Waals surface area (Å²) >= 11 is 0. The summed E-state index contributed by atoms with van der Waals surface area (Å²) in [4.78, 5) is 4.13. The molecule has 82 valence electrons. The quantitative estimate of drug-likeness (QED) is 0.799. The van der Waals surface area contributed by atoms with E-state index >= 15 is 0 Å². The molecule has 1 aromatic heterocycles. The van der Waals surface area contributed by atoms with E-state index in [0.717, 1.165) is 17.5 Å². The SMILES string of the molecule is CC1CC(C)CC(Nc2cccnc2)C1. The van der Waals surface area contributed by atoms with E-state index in [9.17, 15) is 0 Å². The number of pyridine rings is 1. The lowest BCUT2D eigenvalue weighted by Gasteiger charge is -2.32. The average molecular weight is 204 g/mol. The molecule has 1 N–H and O–H groups in total. The van der Waals surface area contributed by atoms with Crippen molar-refractivity contribution in [2.75, 3.05) is 5.32 Å². The molecule has 1 fully saturated rings. The van der Waals surface area contributed by atoms with Gasteiger partial charge in [0.15, 0.2) is 0 Å². The third kappa shape index (κ3) is 2.95. The minimum Gasteiger partial charge on any atom is -0.381 e. The molecule has 0 aliphatic heterocycles. The topological polar surface area (TPSA) is 24.9 Å². The molecule has 0 amide bonds. The van der Waals surface area contributed by atoms with Crippen molar-refractivity contribution in [3.8, 4) is 0 Å². The minimum atomic E-state index is 0.632. The van der Waals surface area contributed by atoms with Crippen LogP contribution in [0, 0.1) is 11.8 Å². The van der Waals surface area contributed by atoms with E-state index in [4.69, 9.17) is 0 Å². The molecule has 2 rings (SSSR count). The Morgan fingerprint density at radius 2 is 1.93 bits per heavy atom. The Morgan fingerprint density at radius 1 is 1.20 bits per heavy atom. The van der Waals surface area contributed by atoms with Gasteiger partial charge in [0.1, 0.15) is 0 Å². The molecule has 1 aliphatic rings. The lowest BCUT2D eigenvalue weighted by atomic mass is 9.80. The van der Waals surface area contributed by atoms with Gasteiger partial charge in [-0.3, -0.25) is 4.98 Å². The number of anilines is 1. The molecule has 0 spiro atoms. The Kier molecular flexibility index (Phi) is 3.24. The molecule has 2 nitrogen and oxygen atoms in total. The van der Waals surface area contributed by atoms with Crippen molar-refractivity contribution in [1.82, 2.24) is 4.98 Å². The highest BCUT2D eigenvalue weighted by Crippen LogP contribution is 2.30. The van der Waals surface area contributed by atoms with Crippen molar-refractivity contribution in [2.24, 2.45) is 11.8 Å². The van der Waals surface area contributed by atoms with Gasteiger partial charge in [0, 0.05) is 18.4 Å². The fourth-order valence-electron chi connectivity index (χ4n) is 2.75. The number of nitrogens with one attached hydrogen (secondary N) is 1. The van der Waals surface area contributed by atoms with Crippen LogP contribution in [0.25, 0.3) is 0 Å². The summed E-state index contributed by atoms with van der Waals surface area (Å²) in [6.45, 7) is 4.71. The lowest BCUT2D eigenvalue weighted by Crippen LogP contribution is -2.30. The zero-order valence-corrected chi connectivity index (χ0v) is 9.61. The van der Waals surface area contributed by atoms with Gasteiger partial charge in [0.2, 0.25) is 0 Å². The third-order valence-electron chi connectivity index (χ3n) is 3.21. The van der Waals surface area contributed by atoms with Crippen LogP contribution < -0.4 is 5.32 Å². The highest BCUT2D eigenvalue weighted by molar-refractivity contribution is 5.40. The summed E-state index contributed by atoms with van der Waals surface area (Å²) in [6.07, 6.45) is 7.69. The van der Waals surface area contributed by atoms with Crippen molar-refractivity contribution in [2.45, 2.75) is 39.2 Å². The van der Waals surface area contributed by atoms with Gasteiger partial charge in [-0.05, 0) is 43.2 Å². The third-order valence-corrected chi connectivity index (χ3v) is 3.21. The van der Waals surface area contributed by atoms with Crippen molar-refractivity contribution in [1.29, 1.82) is 0 Å². The number of nitrogens with zero attached hydrogens (tertiary/aromatic N) is 1. The van der Waals surface area contributed by atoms with Crippen molar-refractivity contribution >= 4 is 5.69 Å². The molecular weight excluding hydrogens is 184 g/mol. The number of hydrogen-bond acceptors (Lipinski definition) is 2. The Bertz CT molecular complexity index is 287. The van der Waals surface area contributed by atoms with Gasteiger partial charge in [-0.15, -0.1) is 0 Å². The maximum atomic E-state index is 4.13. The van der Waals surface area contributed by atoms with Crippen LogP contribution in [-0.2, 0) is 0 Å². The van der Waals surface area contributed by atoms with E-state index in [1.54, 1.807) is 0 Å². The Balaban J connectivity index is 1.94.